The quantitative estimate of drug-likeness (QED) is 0.803. The number of nitrogens with one attached hydrogen (secondary N) is 1. The minimum Gasteiger partial charge on any atom is -0.379 e. The molecule has 22 heavy (non-hydrogen) atoms. The number of morpholine rings is 1. The molecule has 1 aromatic rings. The summed E-state index contributed by atoms with van der Waals surface area (Å²) >= 11 is 0. The molecule has 0 bridgehead atoms. The highest BCUT2D eigenvalue weighted by molar-refractivity contribution is 7.89. The molecule has 0 aliphatic carbocycles. The molecule has 0 saturated carbocycles. The second-order valence-corrected chi connectivity index (χ2v) is 6.48. The van der Waals surface area contributed by atoms with Gasteiger partial charge < -0.3 is 10.1 Å². The van der Waals surface area contributed by atoms with Gasteiger partial charge in [0, 0.05) is 13.1 Å². The van der Waals surface area contributed by atoms with E-state index in [4.69, 9.17) is 11.2 Å². The summed E-state index contributed by atoms with van der Waals surface area (Å²) < 4.78 is 45.0. The normalized spacial score (nSPS) is 16.0. The van der Waals surface area contributed by atoms with E-state index >= 15 is 0 Å². The van der Waals surface area contributed by atoms with Crippen molar-refractivity contribution in [2.75, 3.05) is 32.8 Å². The number of halogens is 1. The summed E-state index contributed by atoms with van der Waals surface area (Å²) in [5, 5.41) is 2.30. The molecule has 0 unspecified atom stereocenters. The first-order valence-corrected chi connectivity index (χ1v) is 8.00. The third kappa shape index (κ3) is 3.44. The van der Waals surface area contributed by atoms with Gasteiger partial charge in [0.2, 0.25) is 10.0 Å². The van der Waals surface area contributed by atoms with E-state index < -0.39 is 21.7 Å². The Morgan fingerprint density at radius 1 is 1.41 bits per heavy atom. The molecule has 0 atom stereocenters. The average Bonchev–Trinajstić information content (AvgIpc) is 2.53. The molecule has 1 heterocycles. The van der Waals surface area contributed by atoms with E-state index in [0.29, 0.717) is 13.2 Å². The molecule has 1 aliphatic heterocycles. The zero-order chi connectivity index (χ0) is 16.2. The molecule has 1 saturated heterocycles. The molecule has 0 aromatic heterocycles. The Kier molecular flexibility index (Phi) is 5.13. The summed E-state index contributed by atoms with van der Waals surface area (Å²) in [6.45, 7) is 0.973. The second kappa shape index (κ2) is 6.87. The molecule has 118 valence electrons. The van der Waals surface area contributed by atoms with Crippen LogP contribution in [0.15, 0.2) is 23.1 Å². The van der Waals surface area contributed by atoms with Crippen LogP contribution >= 0.6 is 0 Å². The van der Waals surface area contributed by atoms with E-state index in [0.717, 1.165) is 18.2 Å². The highest BCUT2D eigenvalue weighted by Crippen LogP contribution is 2.20. The molecule has 1 N–H and O–H groups in total. The van der Waals surface area contributed by atoms with Gasteiger partial charge in [-0.25, -0.2) is 12.8 Å². The molecule has 8 heteroatoms. The smallest absolute Gasteiger partial charge is 0.255 e. The van der Waals surface area contributed by atoms with Gasteiger partial charge in [0.15, 0.2) is 0 Å². The van der Waals surface area contributed by atoms with Crippen LogP contribution in [0.25, 0.3) is 0 Å². The van der Waals surface area contributed by atoms with Gasteiger partial charge in [0.25, 0.3) is 5.91 Å². The van der Waals surface area contributed by atoms with Crippen LogP contribution in [-0.2, 0) is 14.8 Å². The van der Waals surface area contributed by atoms with E-state index in [9.17, 15) is 17.6 Å². The van der Waals surface area contributed by atoms with Gasteiger partial charge >= 0.3 is 0 Å². The van der Waals surface area contributed by atoms with Crippen molar-refractivity contribution in [2.45, 2.75) is 4.90 Å². The van der Waals surface area contributed by atoms with Crippen LogP contribution in [0, 0.1) is 18.2 Å². The van der Waals surface area contributed by atoms with E-state index in [1.807, 2.05) is 0 Å². The van der Waals surface area contributed by atoms with E-state index in [2.05, 4.69) is 11.2 Å². The number of carbonyl (C=O) groups is 1. The number of rotatable bonds is 4. The Bertz CT molecular complexity index is 706. The number of sulfonamides is 1. The van der Waals surface area contributed by atoms with Crippen molar-refractivity contribution in [1.82, 2.24) is 9.62 Å². The molecule has 2 rings (SSSR count). The van der Waals surface area contributed by atoms with Gasteiger partial charge in [-0.1, -0.05) is 5.92 Å². The van der Waals surface area contributed by atoms with Crippen molar-refractivity contribution in [3.05, 3.63) is 29.6 Å². The highest BCUT2D eigenvalue weighted by Gasteiger charge is 2.27. The molecule has 1 amide bonds. The van der Waals surface area contributed by atoms with Crippen molar-refractivity contribution in [1.29, 1.82) is 0 Å². The van der Waals surface area contributed by atoms with Gasteiger partial charge in [-0.15, -0.1) is 6.42 Å². The number of nitrogens with zero attached hydrogens (tertiary/aromatic N) is 1. The molecule has 1 aromatic carbocycles. The van der Waals surface area contributed by atoms with Gasteiger partial charge in [0.1, 0.15) is 5.82 Å². The lowest BCUT2D eigenvalue weighted by atomic mass is 10.2. The van der Waals surface area contributed by atoms with Crippen LogP contribution in [-0.4, -0.2) is 51.5 Å². The minimum absolute atomic E-state index is 0.0707. The van der Waals surface area contributed by atoms with E-state index in [1.165, 1.54) is 4.31 Å². The number of carbonyl (C=O) groups excluding carboxylic acids is 1. The van der Waals surface area contributed by atoms with Crippen molar-refractivity contribution in [2.24, 2.45) is 0 Å². The first-order valence-electron chi connectivity index (χ1n) is 6.56. The Morgan fingerprint density at radius 3 is 2.73 bits per heavy atom. The standard InChI is InChI=1S/C14H15FN2O4S/c1-2-5-16-14(18)12-10-11(3-4-13(12)15)22(19,20)17-6-8-21-9-7-17/h1,3-4,10H,5-9H2,(H,16,18). The van der Waals surface area contributed by atoms with Gasteiger partial charge in [-0.05, 0) is 18.2 Å². The van der Waals surface area contributed by atoms with Gasteiger partial charge in [-0.2, -0.15) is 4.31 Å². The number of hydrogen-bond acceptors (Lipinski definition) is 4. The van der Waals surface area contributed by atoms with Crippen LogP contribution in [0.1, 0.15) is 10.4 Å². The monoisotopic (exact) mass is 326 g/mol. The number of amides is 1. The van der Waals surface area contributed by atoms with Gasteiger partial charge in [0.05, 0.1) is 30.2 Å². The predicted molar refractivity (Wildman–Crippen MR) is 77.1 cm³/mol. The molecule has 6 nitrogen and oxygen atoms in total. The summed E-state index contributed by atoms with van der Waals surface area (Å²) in [5.74, 6) is 0.625. The lowest BCUT2D eigenvalue weighted by molar-refractivity contribution is 0.0730. The lowest BCUT2D eigenvalue weighted by Gasteiger charge is -2.26. The average molecular weight is 326 g/mol. The van der Waals surface area contributed by atoms with Crippen LogP contribution < -0.4 is 5.32 Å². The predicted octanol–water partition coefficient (Wildman–Crippen LogP) is 0.210. The Hall–Kier alpha value is -1.95. The first kappa shape index (κ1) is 16.4. The highest BCUT2D eigenvalue weighted by atomic mass is 32.2. The van der Waals surface area contributed by atoms with Crippen LogP contribution in [0.3, 0.4) is 0 Å². The fourth-order valence-electron chi connectivity index (χ4n) is 2.00. The summed E-state index contributed by atoms with van der Waals surface area (Å²) in [5.41, 5.74) is -0.357. The molecule has 1 fully saturated rings. The Morgan fingerprint density at radius 2 is 2.09 bits per heavy atom. The van der Waals surface area contributed by atoms with Crippen LogP contribution in [0.2, 0.25) is 0 Å². The maximum atomic E-state index is 13.7. The number of hydrogen-bond donors (Lipinski definition) is 1. The molecular weight excluding hydrogens is 311 g/mol. The number of terminal acetylenes is 1. The Balaban J connectivity index is 2.32. The summed E-state index contributed by atoms with van der Waals surface area (Å²) in [4.78, 5) is 11.7. The first-order chi connectivity index (χ1) is 10.5. The third-order valence-corrected chi connectivity index (χ3v) is 5.04. The number of benzene rings is 1. The summed E-state index contributed by atoms with van der Waals surface area (Å²) in [6.07, 6.45) is 5.02. The molecule has 1 aliphatic rings. The molecular formula is C14H15FN2O4S. The molecule has 0 radical (unpaired) electrons. The second-order valence-electron chi connectivity index (χ2n) is 4.54. The fraction of sp³-hybridized carbons (Fsp3) is 0.357. The maximum absolute atomic E-state index is 13.7. The van der Waals surface area contributed by atoms with Crippen LogP contribution in [0.4, 0.5) is 4.39 Å². The van der Waals surface area contributed by atoms with Crippen LogP contribution in [0.5, 0.6) is 0 Å². The number of ether oxygens (including phenoxy) is 1. The largest absolute Gasteiger partial charge is 0.379 e. The van der Waals surface area contributed by atoms with E-state index in [1.54, 1.807) is 0 Å². The van der Waals surface area contributed by atoms with Gasteiger partial charge in [-0.3, -0.25) is 4.79 Å². The third-order valence-electron chi connectivity index (χ3n) is 3.14. The lowest BCUT2D eigenvalue weighted by Crippen LogP contribution is -2.40. The zero-order valence-electron chi connectivity index (χ0n) is 11.7. The van der Waals surface area contributed by atoms with Crippen molar-refractivity contribution >= 4 is 15.9 Å². The zero-order valence-corrected chi connectivity index (χ0v) is 12.5. The summed E-state index contributed by atoms with van der Waals surface area (Å²) in [6, 6.07) is 3.11. The molecule has 0 spiro atoms. The van der Waals surface area contributed by atoms with E-state index in [-0.39, 0.29) is 30.1 Å². The van der Waals surface area contributed by atoms with Crippen molar-refractivity contribution in [3.63, 3.8) is 0 Å². The van der Waals surface area contributed by atoms with Crippen molar-refractivity contribution in [3.8, 4) is 12.3 Å². The fourth-order valence-corrected chi connectivity index (χ4v) is 3.44. The maximum Gasteiger partial charge on any atom is 0.255 e. The topological polar surface area (TPSA) is 75.7 Å². The van der Waals surface area contributed by atoms with Crippen molar-refractivity contribution < 1.29 is 22.3 Å². The summed E-state index contributed by atoms with van der Waals surface area (Å²) in [7, 11) is -3.79. The SMILES string of the molecule is C#CCNC(=O)c1cc(S(=O)(=O)N2CCOCC2)ccc1F. The minimum atomic E-state index is -3.79. The Labute approximate surface area is 128 Å².